The van der Waals surface area contributed by atoms with Crippen molar-refractivity contribution in [1.29, 1.82) is 0 Å². The van der Waals surface area contributed by atoms with E-state index in [4.69, 9.17) is 0 Å². The number of ether oxygens (including phenoxy) is 1. The first-order valence-electron chi connectivity index (χ1n) is 3.88. The monoisotopic (exact) mass is 174 g/mol. The molecular weight excluding hydrogens is 166 g/mol. The van der Waals surface area contributed by atoms with E-state index in [1.165, 1.54) is 7.11 Å². The van der Waals surface area contributed by atoms with Gasteiger partial charge in [0.25, 0.3) is 0 Å². The van der Waals surface area contributed by atoms with Crippen LogP contribution in [0.3, 0.4) is 0 Å². The molecule has 1 heterocycles. The molecule has 0 saturated carbocycles. The summed E-state index contributed by atoms with van der Waals surface area (Å²) in [5.74, 6) is -0.317. The Morgan fingerprint density at radius 2 is 2.38 bits per heavy atom. The molecule has 0 amide bonds. The zero-order valence-corrected chi connectivity index (χ0v) is 7.13. The summed E-state index contributed by atoms with van der Waals surface area (Å²) in [5.41, 5.74) is 1.52. The molecule has 65 valence electrons. The predicted octanol–water partition coefficient (Wildman–Crippen LogP) is 1.75. The maximum atomic E-state index is 11.1. The smallest absolute Gasteiger partial charge is 0.337 e. The molecule has 0 saturated heterocycles. The van der Waals surface area contributed by atoms with Gasteiger partial charge in [-0.3, -0.25) is 0 Å². The van der Waals surface area contributed by atoms with Crippen LogP contribution >= 0.6 is 0 Å². The quantitative estimate of drug-likeness (QED) is 0.669. The third-order valence-corrected chi connectivity index (χ3v) is 1.91. The maximum Gasteiger partial charge on any atom is 0.337 e. The average molecular weight is 174 g/mol. The van der Waals surface area contributed by atoms with Crippen LogP contribution in [0.15, 0.2) is 24.3 Å². The van der Waals surface area contributed by atoms with E-state index in [9.17, 15) is 4.79 Å². The molecule has 1 N–H and O–H groups in total. The highest BCUT2D eigenvalue weighted by molar-refractivity contribution is 5.94. The molecule has 1 aromatic carbocycles. The lowest BCUT2D eigenvalue weighted by Crippen LogP contribution is -2.00. The van der Waals surface area contributed by atoms with Gasteiger partial charge < -0.3 is 9.72 Å². The molecule has 0 aliphatic carbocycles. The van der Waals surface area contributed by atoms with Gasteiger partial charge in [0.2, 0.25) is 0 Å². The Morgan fingerprint density at radius 1 is 1.54 bits per heavy atom. The molecule has 0 atom stereocenters. The van der Waals surface area contributed by atoms with Crippen molar-refractivity contribution in [3.05, 3.63) is 36.0 Å². The lowest BCUT2D eigenvalue weighted by molar-refractivity contribution is 0.0601. The minimum absolute atomic E-state index is 0.317. The van der Waals surface area contributed by atoms with Crippen molar-refractivity contribution in [3.63, 3.8) is 0 Å². The molecule has 13 heavy (non-hydrogen) atoms. The summed E-state index contributed by atoms with van der Waals surface area (Å²) >= 11 is 0. The summed E-state index contributed by atoms with van der Waals surface area (Å²) in [6.07, 6.45) is 2.84. The van der Waals surface area contributed by atoms with Crippen LogP contribution in [0.1, 0.15) is 10.4 Å². The highest BCUT2D eigenvalue weighted by atomic mass is 16.5. The third kappa shape index (κ3) is 1.28. The molecule has 0 unspecified atom stereocenters. The van der Waals surface area contributed by atoms with Crippen LogP contribution in [0, 0.1) is 6.20 Å². The zero-order valence-electron chi connectivity index (χ0n) is 7.13. The van der Waals surface area contributed by atoms with Crippen molar-refractivity contribution < 1.29 is 9.53 Å². The standard InChI is InChI=1S/C10H8NO2/c1-13-10(12)8-2-3-9-7(6-8)4-5-11-9/h2-4,6,11H,1H3. The number of carbonyl (C=O) groups is 1. The van der Waals surface area contributed by atoms with Crippen molar-refractivity contribution in [1.82, 2.24) is 4.98 Å². The predicted molar refractivity (Wildman–Crippen MR) is 48.5 cm³/mol. The molecule has 3 nitrogen and oxygen atoms in total. The van der Waals surface area contributed by atoms with Crippen LogP contribution in [0.2, 0.25) is 0 Å². The van der Waals surface area contributed by atoms with Crippen LogP contribution in [-0.4, -0.2) is 18.1 Å². The lowest BCUT2D eigenvalue weighted by Gasteiger charge is -1.98. The van der Waals surface area contributed by atoms with Crippen LogP contribution in [0.25, 0.3) is 10.9 Å². The van der Waals surface area contributed by atoms with Gasteiger partial charge in [0.15, 0.2) is 0 Å². The second-order valence-electron chi connectivity index (χ2n) is 2.71. The van der Waals surface area contributed by atoms with Gasteiger partial charge >= 0.3 is 5.97 Å². The molecule has 0 spiro atoms. The van der Waals surface area contributed by atoms with Crippen LogP contribution in [-0.2, 0) is 4.74 Å². The number of aromatic amines is 1. The Bertz CT molecular complexity index is 445. The minimum atomic E-state index is -0.317. The van der Waals surface area contributed by atoms with Gasteiger partial charge in [-0.15, -0.1) is 0 Å². The highest BCUT2D eigenvalue weighted by Gasteiger charge is 2.05. The molecule has 2 rings (SSSR count). The van der Waals surface area contributed by atoms with E-state index >= 15 is 0 Å². The third-order valence-electron chi connectivity index (χ3n) is 1.91. The van der Waals surface area contributed by atoms with Crippen molar-refractivity contribution in [2.75, 3.05) is 7.11 Å². The lowest BCUT2D eigenvalue weighted by atomic mass is 10.1. The Morgan fingerprint density at radius 3 is 3.15 bits per heavy atom. The Hall–Kier alpha value is -1.77. The Balaban J connectivity index is 2.54. The average Bonchev–Trinajstić information content (AvgIpc) is 2.63. The number of hydrogen-bond acceptors (Lipinski definition) is 2. The van der Waals surface area contributed by atoms with Crippen LogP contribution in [0.4, 0.5) is 0 Å². The number of esters is 1. The number of hydrogen-bond donors (Lipinski definition) is 1. The molecule has 0 aliphatic rings. The van der Waals surface area contributed by atoms with Crippen molar-refractivity contribution in [2.24, 2.45) is 0 Å². The molecule has 2 aromatic rings. The Labute approximate surface area is 75.3 Å². The van der Waals surface area contributed by atoms with E-state index in [-0.39, 0.29) is 5.97 Å². The largest absolute Gasteiger partial charge is 0.465 e. The van der Waals surface area contributed by atoms with E-state index in [0.717, 1.165) is 10.9 Å². The summed E-state index contributed by atoms with van der Waals surface area (Å²) in [4.78, 5) is 14.1. The van der Waals surface area contributed by atoms with Crippen molar-refractivity contribution in [2.45, 2.75) is 0 Å². The molecule has 1 radical (unpaired) electrons. The number of nitrogens with one attached hydrogen (secondary N) is 1. The summed E-state index contributed by atoms with van der Waals surface area (Å²) in [7, 11) is 1.37. The van der Waals surface area contributed by atoms with Crippen LogP contribution in [0.5, 0.6) is 0 Å². The topological polar surface area (TPSA) is 42.1 Å². The van der Waals surface area contributed by atoms with Gasteiger partial charge in [0, 0.05) is 10.9 Å². The number of rotatable bonds is 1. The summed E-state index contributed by atoms with van der Waals surface area (Å²) < 4.78 is 4.60. The highest BCUT2D eigenvalue weighted by Crippen LogP contribution is 2.14. The number of aromatic nitrogens is 1. The fourth-order valence-electron chi connectivity index (χ4n) is 1.23. The molecule has 3 heteroatoms. The van der Waals surface area contributed by atoms with Gasteiger partial charge in [-0.1, -0.05) is 0 Å². The van der Waals surface area contributed by atoms with Gasteiger partial charge in [-0.25, -0.2) is 4.79 Å². The number of methoxy groups -OCH3 is 1. The van der Waals surface area contributed by atoms with E-state index in [1.54, 1.807) is 18.2 Å². The first kappa shape index (κ1) is 7.86. The van der Waals surface area contributed by atoms with E-state index in [1.807, 2.05) is 6.07 Å². The SMILES string of the molecule is COC(=O)c1ccc2[nH][c]cc2c1. The molecular formula is C10H8NO2. The van der Waals surface area contributed by atoms with Crippen molar-refractivity contribution in [3.8, 4) is 0 Å². The number of H-pyrrole nitrogens is 1. The second-order valence-corrected chi connectivity index (χ2v) is 2.71. The maximum absolute atomic E-state index is 11.1. The number of benzene rings is 1. The summed E-state index contributed by atoms with van der Waals surface area (Å²) in [5, 5.41) is 0.961. The van der Waals surface area contributed by atoms with Gasteiger partial charge in [-0.05, 0) is 24.3 Å². The van der Waals surface area contributed by atoms with Crippen LogP contribution < -0.4 is 0 Å². The Kier molecular flexibility index (Phi) is 1.77. The summed E-state index contributed by atoms with van der Waals surface area (Å²) in [6, 6.07) is 7.12. The first-order valence-corrected chi connectivity index (χ1v) is 3.88. The fourth-order valence-corrected chi connectivity index (χ4v) is 1.23. The number of fused-ring (bicyclic) bond motifs is 1. The van der Waals surface area contributed by atoms with Gasteiger partial charge in [0.1, 0.15) is 0 Å². The van der Waals surface area contributed by atoms with Gasteiger partial charge in [0.05, 0.1) is 18.9 Å². The fraction of sp³-hybridized carbons (Fsp3) is 0.100. The first-order chi connectivity index (χ1) is 6.31. The second kappa shape index (κ2) is 2.94. The molecule has 0 bridgehead atoms. The normalized spacial score (nSPS) is 10.2. The van der Waals surface area contributed by atoms with E-state index < -0.39 is 0 Å². The summed E-state index contributed by atoms with van der Waals surface area (Å²) in [6.45, 7) is 0. The van der Waals surface area contributed by atoms with E-state index in [0.29, 0.717) is 5.56 Å². The van der Waals surface area contributed by atoms with Gasteiger partial charge in [-0.2, -0.15) is 0 Å². The molecule has 0 aliphatic heterocycles. The molecule has 1 aromatic heterocycles. The zero-order chi connectivity index (χ0) is 9.26. The molecule has 0 fully saturated rings. The number of carbonyl (C=O) groups excluding carboxylic acids is 1. The minimum Gasteiger partial charge on any atom is -0.465 e. The van der Waals surface area contributed by atoms with E-state index in [2.05, 4.69) is 15.9 Å². The van der Waals surface area contributed by atoms with Crippen molar-refractivity contribution >= 4 is 16.9 Å².